The van der Waals surface area contributed by atoms with Crippen molar-refractivity contribution in [3.8, 4) is 28.4 Å². The van der Waals surface area contributed by atoms with Gasteiger partial charge in [-0.25, -0.2) is 8.42 Å². The van der Waals surface area contributed by atoms with Crippen molar-refractivity contribution in [3.05, 3.63) is 65.0 Å². The second-order valence-electron chi connectivity index (χ2n) is 9.08. The topological polar surface area (TPSA) is 85.9 Å². The van der Waals surface area contributed by atoms with E-state index in [2.05, 4.69) is 10.0 Å². The average Bonchev–Trinajstić information content (AvgIpc) is 3.54. The zero-order valence-electron chi connectivity index (χ0n) is 20.6. The highest BCUT2D eigenvalue weighted by Gasteiger charge is 2.31. The quantitative estimate of drug-likeness (QED) is 0.269. The summed E-state index contributed by atoms with van der Waals surface area (Å²) in [6, 6.07) is 15.9. The number of thiophene rings is 1. The summed E-state index contributed by atoms with van der Waals surface area (Å²) in [7, 11) is -1.07. The Kier molecular flexibility index (Phi) is 6.97. The summed E-state index contributed by atoms with van der Waals surface area (Å²) in [6.07, 6.45) is 0.822. The number of fused-ring (bicyclic) bond motifs is 1. The fourth-order valence-electron chi connectivity index (χ4n) is 4.50. The van der Waals surface area contributed by atoms with E-state index in [1.54, 1.807) is 35.6 Å². The largest absolute Gasteiger partial charge is 0.493 e. The van der Waals surface area contributed by atoms with Crippen LogP contribution in [0.3, 0.4) is 0 Å². The smallest absolute Gasteiger partial charge is 0.262 e. The van der Waals surface area contributed by atoms with Crippen molar-refractivity contribution in [3.63, 3.8) is 0 Å². The zero-order chi connectivity index (χ0) is 26.2. The first-order valence-corrected chi connectivity index (χ1v) is 14.4. The minimum atomic E-state index is -4.07. The summed E-state index contributed by atoms with van der Waals surface area (Å²) in [5.41, 5.74) is 1.21. The Morgan fingerprint density at radius 3 is 2.51 bits per heavy atom. The van der Waals surface area contributed by atoms with Crippen LogP contribution < -0.4 is 24.2 Å². The van der Waals surface area contributed by atoms with Gasteiger partial charge in [0.1, 0.15) is 11.4 Å². The van der Waals surface area contributed by atoms with Crippen LogP contribution in [0.1, 0.15) is 13.3 Å². The summed E-state index contributed by atoms with van der Waals surface area (Å²) in [4.78, 5) is 0.0652. The number of halogens is 1. The third kappa shape index (κ3) is 5.09. The highest BCUT2D eigenvalue weighted by atomic mass is 35.5. The minimum absolute atomic E-state index is 0.0652. The molecular weight excluding hydrogens is 532 g/mol. The van der Waals surface area contributed by atoms with Gasteiger partial charge in [0.2, 0.25) is 0 Å². The van der Waals surface area contributed by atoms with E-state index in [9.17, 15) is 8.42 Å². The first-order chi connectivity index (χ1) is 17.7. The van der Waals surface area contributed by atoms with E-state index in [1.165, 1.54) is 20.3 Å². The second kappa shape index (κ2) is 10.1. The Morgan fingerprint density at radius 2 is 1.78 bits per heavy atom. The maximum Gasteiger partial charge on any atom is 0.262 e. The van der Waals surface area contributed by atoms with Crippen LogP contribution in [0, 0.1) is 0 Å². The number of rotatable bonds is 8. The lowest BCUT2D eigenvalue weighted by Crippen LogP contribution is -2.34. The summed E-state index contributed by atoms with van der Waals surface area (Å²) in [5, 5.41) is 6.70. The molecule has 194 valence electrons. The lowest BCUT2D eigenvalue weighted by molar-refractivity contribution is 0.111. The van der Waals surface area contributed by atoms with E-state index < -0.39 is 15.6 Å². The molecule has 2 heterocycles. The van der Waals surface area contributed by atoms with Crippen molar-refractivity contribution in [2.24, 2.45) is 0 Å². The van der Waals surface area contributed by atoms with E-state index >= 15 is 0 Å². The molecule has 1 aliphatic heterocycles. The first kappa shape index (κ1) is 25.7. The van der Waals surface area contributed by atoms with Crippen molar-refractivity contribution in [2.75, 3.05) is 32.0 Å². The monoisotopic (exact) mass is 558 g/mol. The number of anilines is 1. The molecular formula is C27H27ClN2O5S2. The van der Waals surface area contributed by atoms with Crippen molar-refractivity contribution in [1.82, 2.24) is 5.32 Å². The molecule has 0 radical (unpaired) electrons. The van der Waals surface area contributed by atoms with Gasteiger partial charge in [-0.2, -0.15) is 0 Å². The number of benzene rings is 3. The van der Waals surface area contributed by atoms with Crippen molar-refractivity contribution in [2.45, 2.75) is 23.8 Å². The van der Waals surface area contributed by atoms with Gasteiger partial charge in [-0.3, -0.25) is 4.72 Å². The number of sulfonamides is 1. The lowest BCUT2D eigenvalue weighted by atomic mass is 10.0. The van der Waals surface area contributed by atoms with E-state index in [-0.39, 0.29) is 4.90 Å². The molecule has 0 saturated carbocycles. The Hall–Kier alpha value is -2.98. The summed E-state index contributed by atoms with van der Waals surface area (Å²) in [6.45, 7) is 3.53. The Balaban J connectivity index is 1.58. The molecule has 4 aromatic rings. The van der Waals surface area contributed by atoms with Crippen LogP contribution in [0.25, 0.3) is 21.2 Å². The third-order valence-corrected chi connectivity index (χ3v) is 9.11. The number of hydrogen-bond donors (Lipinski definition) is 2. The number of ether oxygens (including phenoxy) is 3. The molecule has 3 aromatic carbocycles. The van der Waals surface area contributed by atoms with Crippen molar-refractivity contribution < 1.29 is 22.6 Å². The molecule has 1 fully saturated rings. The van der Waals surface area contributed by atoms with E-state index in [4.69, 9.17) is 25.8 Å². The van der Waals surface area contributed by atoms with Gasteiger partial charge in [0.05, 0.1) is 29.8 Å². The summed E-state index contributed by atoms with van der Waals surface area (Å²) < 4.78 is 48.5. The van der Waals surface area contributed by atoms with Crippen molar-refractivity contribution >= 4 is 48.7 Å². The van der Waals surface area contributed by atoms with Crippen LogP contribution in [-0.4, -0.2) is 41.3 Å². The molecule has 1 saturated heterocycles. The maximum atomic E-state index is 13.9. The van der Waals surface area contributed by atoms with E-state index in [0.717, 1.165) is 28.6 Å². The van der Waals surface area contributed by atoms with Crippen LogP contribution in [0.5, 0.6) is 17.2 Å². The molecule has 7 nitrogen and oxygen atoms in total. The van der Waals surface area contributed by atoms with Gasteiger partial charge >= 0.3 is 0 Å². The Bertz CT molecular complexity index is 1560. The highest BCUT2D eigenvalue weighted by Crippen LogP contribution is 2.42. The normalized spacial score (nSPS) is 17.6. The van der Waals surface area contributed by atoms with Crippen LogP contribution in [0.15, 0.2) is 64.9 Å². The SMILES string of the molecule is COc1cc(-c2cccc3ccsc23)c(S(=O)(=O)Nc2ccc(Cl)c(O[C@]3(C)CCNC3)c2)cc1OC. The number of hydrogen-bond acceptors (Lipinski definition) is 7. The molecule has 1 aromatic heterocycles. The fourth-order valence-corrected chi connectivity index (χ4v) is 6.85. The zero-order valence-corrected chi connectivity index (χ0v) is 23.0. The molecule has 10 heteroatoms. The van der Waals surface area contributed by atoms with Gasteiger partial charge in [0.15, 0.2) is 11.5 Å². The number of methoxy groups -OCH3 is 2. The average molecular weight is 559 g/mol. The summed E-state index contributed by atoms with van der Waals surface area (Å²) >= 11 is 7.95. The maximum absolute atomic E-state index is 13.9. The minimum Gasteiger partial charge on any atom is -0.493 e. The van der Waals surface area contributed by atoms with Crippen LogP contribution in [0.2, 0.25) is 5.02 Å². The molecule has 1 aliphatic rings. The Morgan fingerprint density at radius 1 is 1.00 bits per heavy atom. The predicted molar refractivity (Wildman–Crippen MR) is 149 cm³/mol. The summed E-state index contributed by atoms with van der Waals surface area (Å²) in [5.74, 6) is 1.17. The number of nitrogens with one attached hydrogen (secondary N) is 2. The molecule has 37 heavy (non-hydrogen) atoms. The van der Waals surface area contributed by atoms with Gasteiger partial charge < -0.3 is 19.5 Å². The molecule has 5 rings (SSSR count). The second-order valence-corrected chi connectivity index (χ2v) is 12.1. The predicted octanol–water partition coefficient (Wildman–Crippen LogP) is 6.17. The standard InChI is InChI=1S/C27H27ClN2O5S2/c1-27(10-11-29-16-27)35-22-13-18(7-8-21(22)28)30-37(31,32)25-15-24(34-3)23(33-2)14-20(25)19-6-4-5-17-9-12-36-26(17)19/h4-9,12-15,29-30H,10-11,16H2,1-3H3/t27-/m1/s1. The van der Waals surface area contributed by atoms with E-state index in [1.807, 2.05) is 36.6 Å². The molecule has 0 aliphatic carbocycles. The van der Waals surface area contributed by atoms with Crippen LogP contribution >= 0.6 is 22.9 Å². The molecule has 1 atom stereocenters. The van der Waals surface area contributed by atoms with Crippen molar-refractivity contribution in [1.29, 1.82) is 0 Å². The van der Waals surface area contributed by atoms with Crippen LogP contribution in [0.4, 0.5) is 5.69 Å². The van der Waals surface area contributed by atoms with Gasteiger partial charge in [-0.1, -0.05) is 29.8 Å². The molecule has 0 unspecified atom stereocenters. The Labute approximate surface area is 225 Å². The van der Waals surface area contributed by atoms with Gasteiger partial charge in [0, 0.05) is 40.9 Å². The molecule has 0 spiro atoms. The van der Waals surface area contributed by atoms with E-state index in [0.29, 0.717) is 40.1 Å². The first-order valence-electron chi connectivity index (χ1n) is 11.7. The lowest BCUT2D eigenvalue weighted by Gasteiger charge is -2.26. The molecule has 0 amide bonds. The third-order valence-electron chi connectivity index (χ3n) is 6.41. The van der Waals surface area contributed by atoms with Gasteiger partial charge in [-0.05, 0) is 48.5 Å². The molecule has 2 N–H and O–H groups in total. The highest BCUT2D eigenvalue weighted by molar-refractivity contribution is 7.92. The van der Waals surface area contributed by atoms with Gasteiger partial charge in [0.25, 0.3) is 10.0 Å². The van der Waals surface area contributed by atoms with Gasteiger partial charge in [-0.15, -0.1) is 11.3 Å². The molecule has 0 bridgehead atoms. The van der Waals surface area contributed by atoms with Crippen LogP contribution in [-0.2, 0) is 10.0 Å². The fraction of sp³-hybridized carbons (Fsp3) is 0.259.